The maximum atomic E-state index is 12.6. The summed E-state index contributed by atoms with van der Waals surface area (Å²) in [6.45, 7) is 2.49. The van der Waals surface area contributed by atoms with Crippen LogP contribution in [-0.4, -0.2) is 43.0 Å². The van der Waals surface area contributed by atoms with Gasteiger partial charge in [0.15, 0.2) is 11.5 Å². The Hall–Kier alpha value is -3.06. The normalized spacial score (nSPS) is 18.8. The minimum atomic E-state index is -0.488. The molecule has 3 N–H and O–H groups in total. The Morgan fingerprint density at radius 1 is 1.03 bits per heavy atom. The van der Waals surface area contributed by atoms with Crippen molar-refractivity contribution in [3.8, 4) is 11.5 Å². The summed E-state index contributed by atoms with van der Waals surface area (Å²) in [7, 11) is 0. The Bertz CT molecular complexity index is 897. The number of carbonyl (C=O) groups is 2. The molecule has 1 fully saturated rings. The molecule has 1 atom stereocenters. The number of amides is 2. The van der Waals surface area contributed by atoms with Gasteiger partial charge in [-0.25, -0.2) is 0 Å². The van der Waals surface area contributed by atoms with Crippen molar-refractivity contribution in [2.75, 3.05) is 31.6 Å². The van der Waals surface area contributed by atoms with E-state index in [2.05, 4.69) is 16.3 Å². The number of fused-ring (bicyclic) bond motifs is 1. The zero-order valence-corrected chi connectivity index (χ0v) is 16.2. The summed E-state index contributed by atoms with van der Waals surface area (Å²) < 4.78 is 11.5. The molecule has 2 aromatic rings. The summed E-state index contributed by atoms with van der Waals surface area (Å²) >= 11 is 0. The van der Waals surface area contributed by atoms with Gasteiger partial charge in [0.2, 0.25) is 11.8 Å². The lowest BCUT2D eigenvalue weighted by atomic mass is 10.0. The Morgan fingerprint density at radius 3 is 2.55 bits per heavy atom. The summed E-state index contributed by atoms with van der Waals surface area (Å²) in [6, 6.07) is 12.8. The highest BCUT2D eigenvalue weighted by atomic mass is 16.5. The van der Waals surface area contributed by atoms with Gasteiger partial charge in [-0.1, -0.05) is 6.07 Å². The van der Waals surface area contributed by atoms with Gasteiger partial charge in [0, 0.05) is 23.7 Å². The number of nitrogens with zero attached hydrogens (tertiary/aromatic N) is 1. The first kappa shape index (κ1) is 19.3. The number of benzene rings is 2. The summed E-state index contributed by atoms with van der Waals surface area (Å²) in [5.41, 5.74) is 7.45. The molecule has 2 amide bonds. The van der Waals surface area contributed by atoms with E-state index in [1.54, 1.807) is 24.3 Å². The highest BCUT2D eigenvalue weighted by Crippen LogP contribution is 2.37. The second-order valence-corrected chi connectivity index (χ2v) is 7.37. The van der Waals surface area contributed by atoms with Gasteiger partial charge >= 0.3 is 0 Å². The molecule has 2 aliphatic heterocycles. The quantitative estimate of drug-likeness (QED) is 0.812. The first-order valence-corrected chi connectivity index (χ1v) is 9.93. The second-order valence-electron chi connectivity index (χ2n) is 7.37. The summed E-state index contributed by atoms with van der Waals surface area (Å²) in [4.78, 5) is 25.9. The third-order valence-corrected chi connectivity index (χ3v) is 5.32. The fourth-order valence-corrected chi connectivity index (χ4v) is 3.88. The molecule has 2 aliphatic rings. The third kappa shape index (κ3) is 4.51. The van der Waals surface area contributed by atoms with Crippen molar-refractivity contribution < 1.29 is 19.1 Å². The number of carbonyl (C=O) groups excluding carboxylic acids is 2. The van der Waals surface area contributed by atoms with Gasteiger partial charge in [-0.05, 0) is 61.3 Å². The molecule has 2 aromatic carbocycles. The van der Waals surface area contributed by atoms with Crippen LogP contribution in [0.2, 0.25) is 0 Å². The van der Waals surface area contributed by atoms with Gasteiger partial charge < -0.3 is 20.5 Å². The fourth-order valence-electron chi connectivity index (χ4n) is 3.88. The van der Waals surface area contributed by atoms with Crippen molar-refractivity contribution in [2.24, 2.45) is 5.73 Å². The zero-order chi connectivity index (χ0) is 20.2. The number of anilines is 1. The summed E-state index contributed by atoms with van der Waals surface area (Å²) in [5, 5.41) is 2.89. The van der Waals surface area contributed by atoms with E-state index in [1.807, 2.05) is 12.1 Å². The predicted molar refractivity (Wildman–Crippen MR) is 109 cm³/mol. The van der Waals surface area contributed by atoms with Crippen molar-refractivity contribution in [3.63, 3.8) is 0 Å². The largest absolute Gasteiger partial charge is 0.490 e. The topological polar surface area (TPSA) is 93.9 Å². The molecule has 2 heterocycles. The van der Waals surface area contributed by atoms with Crippen LogP contribution >= 0.6 is 0 Å². The minimum absolute atomic E-state index is 0.0851. The molecule has 7 nitrogen and oxygen atoms in total. The van der Waals surface area contributed by atoms with E-state index >= 15 is 0 Å². The summed E-state index contributed by atoms with van der Waals surface area (Å²) in [6.07, 6.45) is 2.92. The van der Waals surface area contributed by atoms with Crippen LogP contribution in [0.5, 0.6) is 11.5 Å². The molecule has 0 bridgehead atoms. The lowest BCUT2D eigenvalue weighted by molar-refractivity contribution is -0.117. The van der Waals surface area contributed by atoms with Gasteiger partial charge in [0.1, 0.15) is 0 Å². The van der Waals surface area contributed by atoms with Crippen molar-refractivity contribution in [1.82, 2.24) is 4.90 Å². The highest BCUT2D eigenvalue weighted by Gasteiger charge is 2.28. The van der Waals surface area contributed by atoms with Crippen LogP contribution in [0.15, 0.2) is 42.5 Å². The number of primary amides is 1. The molecule has 29 heavy (non-hydrogen) atoms. The van der Waals surface area contributed by atoms with E-state index in [9.17, 15) is 9.59 Å². The zero-order valence-electron chi connectivity index (χ0n) is 16.2. The first-order valence-electron chi connectivity index (χ1n) is 9.93. The molecule has 7 heteroatoms. The third-order valence-electron chi connectivity index (χ3n) is 5.32. The summed E-state index contributed by atoms with van der Waals surface area (Å²) in [5.74, 6) is 0.995. The van der Waals surface area contributed by atoms with Crippen LogP contribution in [0.3, 0.4) is 0 Å². The molecular formula is C22H25N3O4. The maximum Gasteiger partial charge on any atom is 0.248 e. The van der Waals surface area contributed by atoms with Crippen molar-refractivity contribution >= 4 is 17.5 Å². The minimum Gasteiger partial charge on any atom is -0.490 e. The lowest BCUT2D eigenvalue weighted by Crippen LogP contribution is -2.33. The Labute approximate surface area is 169 Å². The highest BCUT2D eigenvalue weighted by molar-refractivity contribution is 5.95. The molecule has 0 aliphatic carbocycles. The SMILES string of the molecule is NC(=O)c1ccc(NC(=O)CN2CCC[C@@H]2c2ccc3c(c2)OCCCO3)cc1. The van der Waals surface area contributed by atoms with Crippen molar-refractivity contribution in [2.45, 2.75) is 25.3 Å². The monoisotopic (exact) mass is 395 g/mol. The van der Waals surface area contributed by atoms with E-state index in [1.165, 1.54) is 0 Å². The van der Waals surface area contributed by atoms with Crippen LogP contribution < -0.4 is 20.5 Å². The Kier molecular flexibility index (Phi) is 5.67. The molecule has 0 spiro atoms. The average Bonchev–Trinajstić information content (AvgIpc) is 3.03. The Balaban J connectivity index is 1.41. The standard InChI is InChI=1S/C22H25N3O4/c23-22(27)15-4-7-17(8-5-15)24-21(26)14-25-10-1-3-18(25)16-6-9-19-20(13-16)29-12-2-11-28-19/h4-9,13,18H,1-3,10-12,14H2,(H2,23,27)(H,24,26)/t18-/m1/s1. The van der Waals surface area contributed by atoms with Crippen LogP contribution in [0, 0.1) is 0 Å². The molecule has 4 rings (SSSR count). The molecular weight excluding hydrogens is 370 g/mol. The Morgan fingerprint density at radius 2 is 1.79 bits per heavy atom. The van der Waals surface area contributed by atoms with E-state index < -0.39 is 5.91 Å². The van der Waals surface area contributed by atoms with E-state index in [-0.39, 0.29) is 11.9 Å². The number of nitrogens with one attached hydrogen (secondary N) is 1. The van der Waals surface area contributed by atoms with Crippen LogP contribution in [0.4, 0.5) is 5.69 Å². The molecule has 152 valence electrons. The van der Waals surface area contributed by atoms with Gasteiger partial charge in [-0.15, -0.1) is 0 Å². The van der Waals surface area contributed by atoms with Gasteiger partial charge in [0.25, 0.3) is 0 Å². The van der Waals surface area contributed by atoms with Crippen molar-refractivity contribution in [1.29, 1.82) is 0 Å². The predicted octanol–water partition coefficient (Wildman–Crippen LogP) is 2.72. The number of likely N-dealkylation sites (tertiary alicyclic amines) is 1. The molecule has 1 saturated heterocycles. The van der Waals surface area contributed by atoms with Gasteiger partial charge in [-0.2, -0.15) is 0 Å². The molecule has 0 saturated carbocycles. The second kappa shape index (κ2) is 8.53. The number of nitrogens with two attached hydrogens (primary N) is 1. The number of ether oxygens (including phenoxy) is 2. The van der Waals surface area contributed by atoms with Gasteiger partial charge in [0.05, 0.1) is 19.8 Å². The number of hydrogen-bond donors (Lipinski definition) is 2. The molecule has 0 aromatic heterocycles. The number of rotatable bonds is 5. The number of hydrogen-bond acceptors (Lipinski definition) is 5. The molecule has 0 unspecified atom stereocenters. The van der Waals surface area contributed by atoms with Gasteiger partial charge in [-0.3, -0.25) is 14.5 Å². The molecule has 0 radical (unpaired) electrons. The average molecular weight is 395 g/mol. The first-order chi connectivity index (χ1) is 14.1. The van der Waals surface area contributed by atoms with E-state index in [4.69, 9.17) is 15.2 Å². The lowest BCUT2D eigenvalue weighted by Gasteiger charge is -2.25. The van der Waals surface area contributed by atoms with Crippen molar-refractivity contribution in [3.05, 3.63) is 53.6 Å². The fraction of sp³-hybridized carbons (Fsp3) is 0.364. The van der Waals surface area contributed by atoms with E-state index in [0.717, 1.165) is 42.9 Å². The smallest absolute Gasteiger partial charge is 0.248 e. The van der Waals surface area contributed by atoms with Crippen LogP contribution in [-0.2, 0) is 4.79 Å². The van der Waals surface area contributed by atoms with E-state index in [0.29, 0.717) is 31.0 Å². The van der Waals surface area contributed by atoms with Crippen LogP contribution in [0.1, 0.15) is 41.2 Å². The van der Waals surface area contributed by atoms with Crippen LogP contribution in [0.25, 0.3) is 0 Å². The maximum absolute atomic E-state index is 12.6.